The number of aliphatic hydroxyl groups is 3. The molecule has 2 bridgehead atoms. The monoisotopic (exact) mass is 891 g/mol. The first-order valence-electron chi connectivity index (χ1n) is 23.6. The molecule has 0 radical (unpaired) electrons. The van der Waals surface area contributed by atoms with E-state index in [0.29, 0.717) is 62.4 Å². The highest BCUT2D eigenvalue weighted by Gasteiger charge is 2.57. The molecule has 0 aromatic heterocycles. The SMILES string of the molecule is C=C[C@H]1C(=O)O[C@H]2C[C@@H](C/C=C(\C)[C@@H](O[C@H]3C[C@H](OC)[C@@H](O[C@H]4C[C@H](OC)[C@@H](O)[C@H](C)O4)[C@H](C)O3)[C@@H](C)/C=C/C=C3\CO[C@H]([C@H](O)CC)[C@@]31O)O[C@@]1(CC[C@H](C)[C@@H]([C@@H](C)CC)O1)C2. The Bertz CT molecular complexity index is 1610. The number of hydrogen-bond donors (Lipinski definition) is 3. The summed E-state index contributed by atoms with van der Waals surface area (Å²) in [5.41, 5.74) is -0.517. The minimum Gasteiger partial charge on any atom is -0.462 e. The Balaban J connectivity index is 1.31. The van der Waals surface area contributed by atoms with Gasteiger partial charge in [-0.25, -0.2) is 0 Å². The van der Waals surface area contributed by atoms with Gasteiger partial charge in [0.25, 0.3) is 0 Å². The van der Waals surface area contributed by atoms with Crippen molar-refractivity contribution >= 4 is 5.97 Å². The van der Waals surface area contributed by atoms with E-state index in [0.717, 1.165) is 18.4 Å². The second kappa shape index (κ2) is 21.7. The molecule has 0 amide bonds. The number of allylic oxidation sites excluding steroid dienone is 2. The number of methoxy groups -OCH3 is 2. The Morgan fingerprint density at radius 2 is 1.67 bits per heavy atom. The highest BCUT2D eigenvalue weighted by molar-refractivity contribution is 5.77. The van der Waals surface area contributed by atoms with Gasteiger partial charge in [0.15, 0.2) is 18.4 Å². The van der Waals surface area contributed by atoms with Gasteiger partial charge in [0.2, 0.25) is 0 Å². The molecular formula is C49H78O14. The third-order valence-electron chi connectivity index (χ3n) is 14.8. The quantitative estimate of drug-likeness (QED) is 0.158. The number of rotatable bonds is 11. The van der Waals surface area contributed by atoms with Crippen LogP contribution in [-0.2, 0) is 52.2 Å². The molecule has 6 aliphatic rings. The first-order valence-corrected chi connectivity index (χ1v) is 23.6. The average Bonchev–Trinajstić information content (AvgIpc) is 3.59. The molecule has 0 aromatic carbocycles. The van der Waals surface area contributed by atoms with Crippen LogP contribution in [0.3, 0.4) is 0 Å². The Labute approximate surface area is 375 Å². The van der Waals surface area contributed by atoms with Crippen molar-refractivity contribution in [1.29, 1.82) is 0 Å². The standard InChI is InChI=1S/C49H78O14/c1-12-27(4)44-30(7)20-21-48(63-44)25-35-22-34(62-48)19-18-29(6)43(28(5)16-15-17-33-26-56-46(37(50)14-3)49(33,53)36(13-2)47(52)59-35)60-41-24-39(55-11)45(32(9)58-41)61-40-23-38(54-10)42(51)31(8)57-40/h13,15-18,27-28,30-32,34-46,50-51,53H,2,12,14,19-26H2,1,3-11H3/b16-15+,29-18+,33-17+/t27-,28-,30-,31-,32-,34+,35-,36-,37+,38-,39-,40-,41-,42-,43-,44+,45-,46+,48+,49+/m0/s1. The first-order chi connectivity index (χ1) is 30.0. The van der Waals surface area contributed by atoms with Crippen LogP contribution < -0.4 is 0 Å². The Morgan fingerprint density at radius 3 is 2.35 bits per heavy atom. The molecule has 1 spiro atoms. The minimum atomic E-state index is -1.92. The number of esters is 1. The zero-order valence-corrected chi connectivity index (χ0v) is 39.4. The molecule has 5 saturated heterocycles. The van der Waals surface area contributed by atoms with E-state index >= 15 is 0 Å². The third-order valence-corrected chi connectivity index (χ3v) is 14.8. The lowest BCUT2D eigenvalue weighted by Crippen LogP contribution is -2.56. The fourth-order valence-electron chi connectivity index (χ4n) is 10.7. The zero-order chi connectivity index (χ0) is 45.8. The highest BCUT2D eigenvalue weighted by atomic mass is 16.7. The maximum absolute atomic E-state index is 14.4. The number of aliphatic hydroxyl groups excluding tert-OH is 2. The smallest absolute Gasteiger partial charge is 0.316 e. The second-order valence-electron chi connectivity index (χ2n) is 19.2. The zero-order valence-electron chi connectivity index (χ0n) is 39.4. The van der Waals surface area contributed by atoms with Gasteiger partial charge in [-0.15, -0.1) is 6.58 Å². The molecule has 0 aromatic rings. The van der Waals surface area contributed by atoms with Crippen LogP contribution in [0.5, 0.6) is 0 Å². The maximum atomic E-state index is 14.4. The van der Waals surface area contributed by atoms with E-state index in [1.54, 1.807) is 34.1 Å². The largest absolute Gasteiger partial charge is 0.462 e. The van der Waals surface area contributed by atoms with Crippen LogP contribution in [0.2, 0.25) is 0 Å². The lowest BCUT2D eigenvalue weighted by atomic mass is 9.76. The normalized spacial score (nSPS) is 47.3. The van der Waals surface area contributed by atoms with Gasteiger partial charge in [-0.1, -0.05) is 71.4 Å². The predicted molar refractivity (Wildman–Crippen MR) is 234 cm³/mol. The first kappa shape index (κ1) is 50.4. The van der Waals surface area contributed by atoms with Crippen molar-refractivity contribution in [2.24, 2.45) is 23.7 Å². The molecule has 0 aliphatic carbocycles. The van der Waals surface area contributed by atoms with Crippen LogP contribution in [0, 0.1) is 23.7 Å². The van der Waals surface area contributed by atoms with Gasteiger partial charge in [-0.05, 0) is 63.0 Å². The minimum absolute atomic E-state index is 0.00582. The molecule has 14 nitrogen and oxygen atoms in total. The van der Waals surface area contributed by atoms with Crippen molar-refractivity contribution in [2.75, 3.05) is 20.8 Å². The van der Waals surface area contributed by atoms with Crippen LogP contribution in [0.15, 0.2) is 48.1 Å². The molecule has 358 valence electrons. The van der Waals surface area contributed by atoms with E-state index < -0.39 is 90.8 Å². The van der Waals surface area contributed by atoms with Crippen LogP contribution in [0.25, 0.3) is 0 Å². The number of carbonyl (C=O) groups is 1. The average molecular weight is 891 g/mol. The summed E-state index contributed by atoms with van der Waals surface area (Å²) in [4.78, 5) is 14.4. The summed E-state index contributed by atoms with van der Waals surface area (Å²) in [6, 6.07) is 0. The number of fused-ring (bicyclic) bond motifs is 3. The van der Waals surface area contributed by atoms with Gasteiger partial charge in [0, 0.05) is 52.2 Å². The lowest BCUT2D eigenvalue weighted by molar-refractivity contribution is -0.340. The number of carbonyl (C=O) groups excluding carboxylic acids is 1. The summed E-state index contributed by atoms with van der Waals surface area (Å²) in [6.07, 6.45) is 6.30. The summed E-state index contributed by atoms with van der Waals surface area (Å²) in [6.45, 7) is 20.2. The Morgan fingerprint density at radius 1 is 0.968 bits per heavy atom. The van der Waals surface area contributed by atoms with Crippen molar-refractivity contribution in [3.8, 4) is 0 Å². The van der Waals surface area contributed by atoms with E-state index in [4.69, 9.17) is 47.4 Å². The van der Waals surface area contributed by atoms with Crippen molar-refractivity contribution in [3.63, 3.8) is 0 Å². The van der Waals surface area contributed by atoms with Crippen molar-refractivity contribution in [1.82, 2.24) is 0 Å². The highest BCUT2D eigenvalue weighted by Crippen LogP contribution is 2.46. The van der Waals surface area contributed by atoms with E-state index in [1.165, 1.54) is 6.08 Å². The van der Waals surface area contributed by atoms with Crippen molar-refractivity contribution < 1.29 is 67.5 Å². The molecule has 20 atom stereocenters. The predicted octanol–water partition coefficient (Wildman–Crippen LogP) is 6.24. The molecule has 0 saturated carbocycles. The molecule has 6 heterocycles. The second-order valence-corrected chi connectivity index (χ2v) is 19.2. The third kappa shape index (κ3) is 11.1. The molecule has 6 rings (SSSR count). The molecular weight excluding hydrogens is 813 g/mol. The Hall–Kier alpha value is -2.05. The Kier molecular flexibility index (Phi) is 17.4. The van der Waals surface area contributed by atoms with Gasteiger partial charge in [0.05, 0.1) is 55.4 Å². The summed E-state index contributed by atoms with van der Waals surface area (Å²) in [5, 5.41) is 34.3. The van der Waals surface area contributed by atoms with Gasteiger partial charge in [-0.3, -0.25) is 4.79 Å². The molecule has 3 N–H and O–H groups in total. The van der Waals surface area contributed by atoms with E-state index in [1.807, 2.05) is 26.0 Å². The molecule has 6 aliphatic heterocycles. The van der Waals surface area contributed by atoms with Crippen LogP contribution in [-0.4, -0.2) is 139 Å². The molecule has 0 unspecified atom stereocenters. The lowest BCUT2D eigenvalue weighted by Gasteiger charge is -2.51. The summed E-state index contributed by atoms with van der Waals surface area (Å²) < 4.78 is 63.9. The van der Waals surface area contributed by atoms with Gasteiger partial charge in [-0.2, -0.15) is 0 Å². The van der Waals surface area contributed by atoms with Crippen LogP contribution in [0.4, 0.5) is 0 Å². The summed E-state index contributed by atoms with van der Waals surface area (Å²) in [5.74, 6) is -2.36. The topological polar surface area (TPSA) is 170 Å². The van der Waals surface area contributed by atoms with Crippen molar-refractivity contribution in [2.45, 2.75) is 210 Å². The fourth-order valence-corrected chi connectivity index (χ4v) is 10.7. The van der Waals surface area contributed by atoms with E-state index in [9.17, 15) is 20.1 Å². The van der Waals surface area contributed by atoms with Gasteiger partial charge < -0.3 is 62.7 Å². The molecule has 14 heteroatoms. The van der Waals surface area contributed by atoms with Crippen molar-refractivity contribution in [3.05, 3.63) is 48.1 Å². The fraction of sp³-hybridized carbons (Fsp3) is 0.816. The van der Waals surface area contributed by atoms with Gasteiger partial charge in [0.1, 0.15) is 35.9 Å². The van der Waals surface area contributed by atoms with Gasteiger partial charge >= 0.3 is 5.97 Å². The summed E-state index contributed by atoms with van der Waals surface area (Å²) >= 11 is 0. The maximum Gasteiger partial charge on any atom is 0.316 e. The van der Waals surface area contributed by atoms with Crippen LogP contribution in [0.1, 0.15) is 113 Å². The molecule has 63 heavy (non-hydrogen) atoms. The number of hydrogen-bond acceptors (Lipinski definition) is 14. The molecule has 5 fully saturated rings. The van der Waals surface area contributed by atoms with Crippen LogP contribution >= 0.6 is 0 Å². The van der Waals surface area contributed by atoms with E-state index in [2.05, 4.69) is 40.3 Å². The summed E-state index contributed by atoms with van der Waals surface area (Å²) in [7, 11) is 3.22. The number of ether oxygens (including phenoxy) is 10. The van der Waals surface area contributed by atoms with E-state index in [-0.39, 0.29) is 30.8 Å².